The first-order valence-corrected chi connectivity index (χ1v) is 8.51. The van der Waals surface area contributed by atoms with Crippen molar-refractivity contribution in [3.05, 3.63) is 80.9 Å². The number of benzene rings is 2. The molecule has 1 aliphatic heterocycles. The number of nitrogens with one attached hydrogen (secondary N) is 1. The fourth-order valence-corrected chi connectivity index (χ4v) is 4.14. The van der Waals surface area contributed by atoms with Gasteiger partial charge in [-0.25, -0.2) is 4.79 Å². The maximum atomic E-state index is 11.2. The topological polar surface area (TPSA) is 92.5 Å². The Hall–Kier alpha value is -3.15. The van der Waals surface area contributed by atoms with E-state index in [1.165, 1.54) is 0 Å². The van der Waals surface area contributed by atoms with E-state index in [-0.39, 0.29) is 34.1 Å². The van der Waals surface area contributed by atoms with Crippen LogP contribution in [0.15, 0.2) is 48.6 Å². The van der Waals surface area contributed by atoms with E-state index in [0.29, 0.717) is 0 Å². The third-order valence-electron chi connectivity index (χ3n) is 5.38. The third-order valence-corrected chi connectivity index (χ3v) is 5.38. The van der Waals surface area contributed by atoms with Crippen LogP contribution in [0.1, 0.15) is 45.4 Å². The number of nitro benzene ring substituents is 1. The molecule has 0 spiro atoms. The number of hydrogen-bond donors (Lipinski definition) is 2. The second kappa shape index (κ2) is 5.98. The van der Waals surface area contributed by atoms with Crippen molar-refractivity contribution in [2.24, 2.45) is 5.92 Å². The molecule has 2 aliphatic rings. The van der Waals surface area contributed by atoms with E-state index in [0.717, 1.165) is 28.8 Å². The van der Waals surface area contributed by atoms with Crippen LogP contribution in [0, 0.1) is 23.0 Å². The van der Waals surface area contributed by atoms with E-state index in [9.17, 15) is 14.9 Å². The molecule has 3 atom stereocenters. The number of anilines is 1. The molecule has 26 heavy (non-hydrogen) atoms. The standard InChI is InChI=1S/C20H18N2O4/c1-11-9-14(22(25)26)10-17-15-3-2-4-16(15)19(21-18(11)17)12-5-7-13(8-6-12)20(23)24/h2-3,5-10,15-16,19,21H,4H2,1H3,(H,23,24)/t15-,16+,19-/m1/s1. The number of hydrogen-bond acceptors (Lipinski definition) is 4. The monoisotopic (exact) mass is 350 g/mol. The average molecular weight is 350 g/mol. The van der Waals surface area contributed by atoms with Crippen LogP contribution < -0.4 is 5.32 Å². The Morgan fingerprint density at radius 3 is 2.65 bits per heavy atom. The van der Waals surface area contributed by atoms with Crippen LogP contribution in [0.3, 0.4) is 0 Å². The Kier molecular flexibility index (Phi) is 3.76. The highest BCUT2D eigenvalue weighted by molar-refractivity contribution is 5.87. The summed E-state index contributed by atoms with van der Waals surface area (Å²) in [5.74, 6) is -0.573. The molecule has 2 N–H and O–H groups in total. The molecule has 0 radical (unpaired) electrons. The highest BCUT2D eigenvalue weighted by atomic mass is 16.6. The zero-order chi connectivity index (χ0) is 18.4. The number of allylic oxidation sites excluding steroid dienone is 2. The van der Waals surface area contributed by atoms with Crippen molar-refractivity contribution < 1.29 is 14.8 Å². The Morgan fingerprint density at radius 1 is 1.27 bits per heavy atom. The minimum Gasteiger partial charge on any atom is -0.478 e. The first-order valence-electron chi connectivity index (χ1n) is 8.51. The number of nitrogens with zero attached hydrogens (tertiary/aromatic N) is 1. The number of nitro groups is 1. The van der Waals surface area contributed by atoms with E-state index >= 15 is 0 Å². The summed E-state index contributed by atoms with van der Waals surface area (Å²) >= 11 is 0. The molecule has 0 amide bonds. The van der Waals surface area contributed by atoms with Gasteiger partial charge in [0.05, 0.1) is 16.5 Å². The van der Waals surface area contributed by atoms with Crippen molar-refractivity contribution in [2.75, 3.05) is 5.32 Å². The van der Waals surface area contributed by atoms with Crippen LogP contribution in [-0.4, -0.2) is 16.0 Å². The Morgan fingerprint density at radius 2 is 2.00 bits per heavy atom. The maximum Gasteiger partial charge on any atom is 0.335 e. The normalized spacial score (nSPS) is 23.0. The van der Waals surface area contributed by atoms with E-state index in [1.54, 1.807) is 24.3 Å². The molecule has 132 valence electrons. The predicted molar refractivity (Wildman–Crippen MR) is 97.6 cm³/mol. The van der Waals surface area contributed by atoms with Gasteiger partial charge in [-0.3, -0.25) is 10.1 Å². The lowest BCUT2D eigenvalue weighted by Gasteiger charge is -2.38. The lowest BCUT2D eigenvalue weighted by molar-refractivity contribution is -0.385. The average Bonchev–Trinajstić information content (AvgIpc) is 3.11. The summed E-state index contributed by atoms with van der Waals surface area (Å²) in [6.07, 6.45) is 5.13. The summed E-state index contributed by atoms with van der Waals surface area (Å²) < 4.78 is 0. The molecular formula is C20H18N2O4. The summed E-state index contributed by atoms with van der Waals surface area (Å²) in [6, 6.07) is 10.2. The third kappa shape index (κ3) is 2.54. The Labute approximate surface area is 150 Å². The van der Waals surface area contributed by atoms with Gasteiger partial charge >= 0.3 is 5.97 Å². The molecule has 0 saturated carbocycles. The van der Waals surface area contributed by atoms with Crippen LogP contribution in [0.2, 0.25) is 0 Å². The molecule has 0 fully saturated rings. The molecule has 2 aromatic carbocycles. The Balaban J connectivity index is 1.77. The van der Waals surface area contributed by atoms with Gasteiger partial charge in [-0.15, -0.1) is 0 Å². The zero-order valence-corrected chi connectivity index (χ0v) is 14.2. The second-order valence-corrected chi connectivity index (χ2v) is 6.89. The highest BCUT2D eigenvalue weighted by Crippen LogP contribution is 2.51. The lowest BCUT2D eigenvalue weighted by Crippen LogP contribution is -2.29. The molecule has 1 heterocycles. The van der Waals surface area contributed by atoms with Gasteiger partial charge in [0, 0.05) is 23.7 Å². The smallest absolute Gasteiger partial charge is 0.335 e. The minimum absolute atomic E-state index is 0.0329. The van der Waals surface area contributed by atoms with E-state index in [1.807, 2.05) is 19.1 Å². The largest absolute Gasteiger partial charge is 0.478 e. The van der Waals surface area contributed by atoms with E-state index < -0.39 is 5.97 Å². The molecule has 0 bridgehead atoms. The zero-order valence-electron chi connectivity index (χ0n) is 14.2. The molecule has 0 unspecified atom stereocenters. The SMILES string of the molecule is Cc1cc([N+](=O)[O-])cc2c1N[C@H](c1ccc(C(=O)O)cc1)[C@H]1CC=C[C@@H]21. The van der Waals surface area contributed by atoms with Crippen LogP contribution in [0.25, 0.3) is 0 Å². The van der Waals surface area contributed by atoms with Crippen molar-refractivity contribution in [1.82, 2.24) is 0 Å². The van der Waals surface area contributed by atoms with E-state index in [2.05, 4.69) is 17.5 Å². The first kappa shape index (κ1) is 16.3. The summed E-state index contributed by atoms with van der Waals surface area (Å²) in [4.78, 5) is 22.0. The maximum absolute atomic E-state index is 11.2. The van der Waals surface area contributed by atoms with Crippen molar-refractivity contribution in [2.45, 2.75) is 25.3 Å². The van der Waals surface area contributed by atoms with Crippen LogP contribution in [-0.2, 0) is 0 Å². The molecule has 4 rings (SSSR count). The molecule has 1 aliphatic carbocycles. The number of carbonyl (C=O) groups is 1. The summed E-state index contributed by atoms with van der Waals surface area (Å²) in [5, 5.41) is 23.9. The van der Waals surface area contributed by atoms with Crippen LogP contribution in [0.5, 0.6) is 0 Å². The first-order chi connectivity index (χ1) is 12.5. The van der Waals surface area contributed by atoms with Gasteiger partial charge in [0.1, 0.15) is 0 Å². The fraction of sp³-hybridized carbons (Fsp3) is 0.250. The Bertz CT molecular complexity index is 934. The van der Waals surface area contributed by atoms with Gasteiger partial charge in [0.2, 0.25) is 0 Å². The molecule has 0 saturated heterocycles. The van der Waals surface area contributed by atoms with Crippen molar-refractivity contribution in [3.8, 4) is 0 Å². The molecule has 6 heteroatoms. The molecule has 0 aromatic heterocycles. The van der Waals surface area contributed by atoms with Crippen molar-refractivity contribution in [1.29, 1.82) is 0 Å². The quantitative estimate of drug-likeness (QED) is 0.485. The van der Waals surface area contributed by atoms with E-state index in [4.69, 9.17) is 5.11 Å². The molecule has 6 nitrogen and oxygen atoms in total. The van der Waals surface area contributed by atoms with Gasteiger partial charge in [-0.1, -0.05) is 24.3 Å². The van der Waals surface area contributed by atoms with Gasteiger partial charge in [-0.05, 0) is 48.1 Å². The van der Waals surface area contributed by atoms with Crippen molar-refractivity contribution in [3.63, 3.8) is 0 Å². The fourth-order valence-electron chi connectivity index (χ4n) is 4.14. The molecule has 2 aromatic rings. The number of carboxylic acid groups (broad SMARTS) is 1. The number of aryl methyl sites for hydroxylation is 1. The number of non-ortho nitro benzene ring substituents is 1. The number of fused-ring (bicyclic) bond motifs is 3. The van der Waals surface area contributed by atoms with Crippen molar-refractivity contribution >= 4 is 17.3 Å². The van der Waals surface area contributed by atoms with Gasteiger partial charge in [-0.2, -0.15) is 0 Å². The summed E-state index contributed by atoms with van der Waals surface area (Å²) in [5.41, 5.74) is 4.16. The highest BCUT2D eigenvalue weighted by Gasteiger charge is 2.39. The number of rotatable bonds is 3. The van der Waals surface area contributed by atoms with Gasteiger partial charge < -0.3 is 10.4 Å². The number of aromatic carboxylic acids is 1. The van der Waals surface area contributed by atoms with Gasteiger partial charge in [0.15, 0.2) is 0 Å². The summed E-state index contributed by atoms with van der Waals surface area (Å²) in [7, 11) is 0. The summed E-state index contributed by atoms with van der Waals surface area (Å²) in [6.45, 7) is 1.88. The van der Waals surface area contributed by atoms with Crippen LogP contribution >= 0.6 is 0 Å². The van der Waals surface area contributed by atoms with Crippen LogP contribution in [0.4, 0.5) is 11.4 Å². The second-order valence-electron chi connectivity index (χ2n) is 6.89. The lowest BCUT2D eigenvalue weighted by atomic mass is 9.76. The minimum atomic E-state index is -0.943. The predicted octanol–water partition coefficient (Wildman–Crippen LogP) is 4.43. The molecular weight excluding hydrogens is 332 g/mol. The van der Waals surface area contributed by atoms with Gasteiger partial charge in [0.25, 0.3) is 5.69 Å². The number of carboxylic acids is 1.